The largest absolute Gasteiger partial charge is 0.379 e. The molecule has 2 aromatic rings. The number of nitrogens with two attached hydrogens (primary N) is 1. The van der Waals surface area contributed by atoms with E-state index in [1.54, 1.807) is 4.90 Å². The van der Waals surface area contributed by atoms with E-state index in [1.165, 1.54) is 0 Å². The number of hydrogen-bond acceptors (Lipinski definition) is 5. The number of para-hydroxylation sites is 2. The van der Waals surface area contributed by atoms with Crippen molar-refractivity contribution >= 4 is 29.3 Å². The van der Waals surface area contributed by atoms with Gasteiger partial charge in [-0.15, -0.1) is 0 Å². The summed E-state index contributed by atoms with van der Waals surface area (Å²) in [6.07, 6.45) is 7.03. The lowest BCUT2D eigenvalue weighted by molar-refractivity contribution is -0.118. The fraction of sp³-hybridized carbons (Fsp3) is 0.583. The minimum absolute atomic E-state index is 0.0444. The van der Waals surface area contributed by atoms with Gasteiger partial charge < -0.3 is 25.2 Å². The Morgan fingerprint density at radius 1 is 0.804 bits per heavy atom. The smallest absolute Gasteiger partial charge is 0.329 e. The lowest BCUT2D eigenvalue weighted by atomic mass is 9.96. The average Bonchev–Trinajstić information content (AvgIpc) is 3.09. The molecule has 2 atom stereocenters. The molecule has 4 rings (SSSR count). The predicted molar refractivity (Wildman–Crippen MR) is 183 cm³/mol. The molecule has 2 aliphatic rings. The first-order chi connectivity index (χ1) is 22.4. The number of carbonyl (C=O) groups is 3. The van der Waals surface area contributed by atoms with Crippen molar-refractivity contribution in [1.29, 1.82) is 0 Å². The van der Waals surface area contributed by atoms with Crippen LogP contribution in [0.15, 0.2) is 60.7 Å². The van der Waals surface area contributed by atoms with Crippen LogP contribution in [0.4, 0.5) is 21.0 Å². The molecule has 2 N–H and O–H groups in total. The molecule has 10 heteroatoms. The van der Waals surface area contributed by atoms with Crippen molar-refractivity contribution in [3.63, 3.8) is 0 Å². The van der Waals surface area contributed by atoms with Gasteiger partial charge in [0.1, 0.15) is 0 Å². The molecule has 0 bridgehead atoms. The number of nitrogens with zero attached hydrogens (tertiary/aromatic N) is 5. The number of unbranched alkanes of at least 4 members (excludes halogenated alkanes) is 4. The summed E-state index contributed by atoms with van der Waals surface area (Å²) in [6.45, 7) is 9.61. The van der Waals surface area contributed by atoms with E-state index in [4.69, 9.17) is 10.5 Å². The van der Waals surface area contributed by atoms with Crippen LogP contribution in [0, 0.1) is 0 Å². The van der Waals surface area contributed by atoms with Crippen LogP contribution < -0.4 is 10.6 Å². The molecule has 252 valence electrons. The summed E-state index contributed by atoms with van der Waals surface area (Å²) in [6, 6.07) is 18.8. The quantitative estimate of drug-likeness (QED) is 0.253. The monoisotopic (exact) mass is 634 g/mol. The van der Waals surface area contributed by atoms with Crippen molar-refractivity contribution in [2.75, 3.05) is 63.9 Å². The molecule has 2 fully saturated rings. The van der Waals surface area contributed by atoms with Gasteiger partial charge in [-0.25, -0.2) is 9.59 Å². The summed E-state index contributed by atoms with van der Waals surface area (Å²) in [5.74, 6) is -0.368. The Hall–Kier alpha value is -3.63. The Morgan fingerprint density at radius 3 is 1.89 bits per heavy atom. The first-order valence-corrected chi connectivity index (χ1v) is 17.3. The first-order valence-electron chi connectivity index (χ1n) is 17.3. The zero-order valence-electron chi connectivity index (χ0n) is 27.9. The van der Waals surface area contributed by atoms with Gasteiger partial charge in [0, 0.05) is 58.3 Å². The van der Waals surface area contributed by atoms with Crippen molar-refractivity contribution in [3.05, 3.63) is 60.7 Å². The highest BCUT2D eigenvalue weighted by Crippen LogP contribution is 2.30. The molecule has 2 saturated heterocycles. The van der Waals surface area contributed by atoms with Crippen molar-refractivity contribution < 1.29 is 19.1 Å². The van der Waals surface area contributed by atoms with Crippen molar-refractivity contribution in [2.24, 2.45) is 5.73 Å². The summed E-state index contributed by atoms with van der Waals surface area (Å²) in [5.41, 5.74) is 7.23. The fourth-order valence-electron chi connectivity index (χ4n) is 6.63. The Labute approximate surface area is 275 Å². The minimum atomic E-state index is -0.368. The average molecular weight is 635 g/mol. The number of primary amides is 1. The van der Waals surface area contributed by atoms with Crippen molar-refractivity contribution in [3.8, 4) is 0 Å². The summed E-state index contributed by atoms with van der Waals surface area (Å²) in [4.78, 5) is 51.1. The molecular weight excluding hydrogens is 580 g/mol. The number of piperazine rings is 1. The number of morpholine rings is 1. The third-order valence-corrected chi connectivity index (χ3v) is 9.13. The number of amides is 5. The second-order valence-corrected chi connectivity index (χ2v) is 12.4. The van der Waals surface area contributed by atoms with Crippen molar-refractivity contribution in [2.45, 2.75) is 77.3 Å². The Morgan fingerprint density at radius 2 is 1.37 bits per heavy atom. The molecule has 2 aromatic carbocycles. The zero-order valence-corrected chi connectivity index (χ0v) is 27.9. The standard InChI is InChI=1S/C36H54N6O4/c1-3-5-13-21-39(22-14-6-4-2)35(44)40-23-24-41(33(29-40)32(19-20-34(37)43)38-25-27-46-28-26-38)36(45)42(30-15-9-7-10-16-30)31-17-11-8-12-18-31/h7-12,15-18,32-33H,3-6,13-14,19-29H2,1-2H3,(H2,37,43)/t32?,33-/m0/s1. The molecule has 0 aliphatic carbocycles. The van der Waals surface area contributed by atoms with Crippen LogP contribution in [0.5, 0.6) is 0 Å². The Bertz CT molecular complexity index is 1160. The summed E-state index contributed by atoms with van der Waals surface area (Å²) < 4.78 is 5.68. The second kappa shape index (κ2) is 18.5. The first kappa shape index (κ1) is 35.2. The lowest BCUT2D eigenvalue weighted by Crippen LogP contribution is -2.66. The molecule has 46 heavy (non-hydrogen) atoms. The summed E-state index contributed by atoms with van der Waals surface area (Å²) in [5, 5.41) is 0. The minimum Gasteiger partial charge on any atom is -0.379 e. The van der Waals surface area contributed by atoms with Crippen LogP contribution in [0.2, 0.25) is 0 Å². The van der Waals surface area contributed by atoms with E-state index in [0.29, 0.717) is 52.4 Å². The highest BCUT2D eigenvalue weighted by molar-refractivity contribution is 5.99. The number of benzene rings is 2. The van der Waals surface area contributed by atoms with E-state index in [-0.39, 0.29) is 36.5 Å². The number of rotatable bonds is 15. The summed E-state index contributed by atoms with van der Waals surface area (Å²) >= 11 is 0. The Balaban J connectivity index is 1.69. The third kappa shape index (κ3) is 9.69. The van der Waals surface area contributed by atoms with E-state index >= 15 is 0 Å². The van der Waals surface area contributed by atoms with Gasteiger partial charge in [-0.05, 0) is 43.5 Å². The molecule has 1 unspecified atom stereocenters. The third-order valence-electron chi connectivity index (χ3n) is 9.13. The predicted octanol–water partition coefficient (Wildman–Crippen LogP) is 5.70. The SMILES string of the molecule is CCCCCN(CCCCC)C(=O)N1CCN(C(=O)N(c2ccccc2)c2ccccc2)[C@H](C(CCC(N)=O)N2CCOCC2)C1. The van der Waals surface area contributed by atoms with E-state index < -0.39 is 0 Å². The number of anilines is 2. The molecule has 2 heterocycles. The van der Waals surface area contributed by atoms with Crippen molar-refractivity contribution in [1.82, 2.24) is 19.6 Å². The number of hydrogen-bond donors (Lipinski definition) is 1. The maximum atomic E-state index is 14.8. The summed E-state index contributed by atoms with van der Waals surface area (Å²) in [7, 11) is 0. The van der Waals surface area contributed by atoms with Gasteiger partial charge in [-0.1, -0.05) is 75.9 Å². The number of carbonyl (C=O) groups excluding carboxylic acids is 3. The van der Waals surface area contributed by atoms with Crippen LogP contribution in [0.1, 0.15) is 65.2 Å². The van der Waals surface area contributed by atoms with Gasteiger partial charge in [-0.2, -0.15) is 0 Å². The molecule has 0 radical (unpaired) electrons. The lowest BCUT2D eigenvalue weighted by Gasteiger charge is -2.50. The molecule has 2 aliphatic heterocycles. The maximum Gasteiger partial charge on any atom is 0.329 e. The fourth-order valence-corrected chi connectivity index (χ4v) is 6.63. The number of ether oxygens (including phenoxy) is 1. The molecule has 0 aromatic heterocycles. The highest BCUT2D eigenvalue weighted by Gasteiger charge is 2.42. The number of urea groups is 2. The van der Waals surface area contributed by atoms with E-state index in [0.717, 1.165) is 63.0 Å². The van der Waals surface area contributed by atoms with Gasteiger partial charge >= 0.3 is 12.1 Å². The van der Waals surface area contributed by atoms with Gasteiger partial charge in [0.2, 0.25) is 5.91 Å². The van der Waals surface area contributed by atoms with E-state index in [1.807, 2.05) is 75.4 Å². The van der Waals surface area contributed by atoms with Crippen LogP contribution in [0.25, 0.3) is 0 Å². The maximum absolute atomic E-state index is 14.8. The molecule has 0 saturated carbocycles. The molecule has 0 spiro atoms. The van der Waals surface area contributed by atoms with E-state index in [2.05, 4.69) is 18.7 Å². The van der Waals surface area contributed by atoms with Gasteiger partial charge in [-0.3, -0.25) is 14.6 Å². The van der Waals surface area contributed by atoms with Crippen LogP contribution in [0.3, 0.4) is 0 Å². The molecular formula is C36H54N6O4. The van der Waals surface area contributed by atoms with Crippen LogP contribution >= 0.6 is 0 Å². The second-order valence-electron chi connectivity index (χ2n) is 12.4. The topological polar surface area (TPSA) is 103 Å². The normalized spacial score (nSPS) is 17.8. The zero-order chi connectivity index (χ0) is 32.7. The van der Waals surface area contributed by atoms with E-state index in [9.17, 15) is 14.4 Å². The van der Waals surface area contributed by atoms with Gasteiger partial charge in [0.15, 0.2) is 0 Å². The van der Waals surface area contributed by atoms with Gasteiger partial charge in [0.25, 0.3) is 0 Å². The molecule has 5 amide bonds. The van der Waals surface area contributed by atoms with Crippen LogP contribution in [-0.4, -0.2) is 109 Å². The highest BCUT2D eigenvalue weighted by atomic mass is 16.5. The van der Waals surface area contributed by atoms with Gasteiger partial charge in [0.05, 0.1) is 30.6 Å². The molecule has 10 nitrogen and oxygen atoms in total. The Kier molecular flexibility index (Phi) is 14.2. The van der Waals surface area contributed by atoms with Crippen LogP contribution in [-0.2, 0) is 9.53 Å².